The molecule has 14 heavy (non-hydrogen) atoms. The van der Waals surface area contributed by atoms with Gasteiger partial charge in [0.1, 0.15) is 12.7 Å². The van der Waals surface area contributed by atoms with Crippen molar-refractivity contribution in [3.8, 4) is 5.82 Å². The van der Waals surface area contributed by atoms with Gasteiger partial charge in [0, 0.05) is 12.7 Å². The summed E-state index contributed by atoms with van der Waals surface area (Å²) in [7, 11) is 1.91. The molecular weight excluding hydrogens is 178 g/mol. The maximum absolute atomic E-state index is 4.26. The first-order chi connectivity index (χ1) is 6.90. The lowest BCUT2D eigenvalue weighted by atomic mass is 10.3. The Hall–Kier alpha value is -1.75. The molecule has 5 heteroatoms. The molecule has 0 atom stereocenters. The molecule has 0 saturated heterocycles. The predicted octanol–water partition coefficient (Wildman–Crippen LogP) is 0.382. The van der Waals surface area contributed by atoms with Crippen molar-refractivity contribution in [2.24, 2.45) is 0 Å². The summed E-state index contributed by atoms with van der Waals surface area (Å²) in [6.07, 6.45) is 4.94. The maximum Gasteiger partial charge on any atom is 0.155 e. The van der Waals surface area contributed by atoms with Crippen molar-refractivity contribution in [3.63, 3.8) is 0 Å². The lowest BCUT2D eigenvalue weighted by molar-refractivity contribution is 0.801. The summed E-state index contributed by atoms with van der Waals surface area (Å²) in [5.74, 6) is 0.780. The molecule has 0 spiro atoms. The molecule has 0 unspecified atom stereocenters. The molecule has 0 amide bonds. The Morgan fingerprint density at radius 3 is 2.93 bits per heavy atom. The molecule has 2 rings (SSSR count). The quantitative estimate of drug-likeness (QED) is 0.758. The summed E-state index contributed by atoms with van der Waals surface area (Å²) in [6, 6.07) is 3.93. The number of hydrogen-bond donors (Lipinski definition) is 1. The molecule has 0 saturated carbocycles. The van der Waals surface area contributed by atoms with E-state index < -0.39 is 0 Å². The van der Waals surface area contributed by atoms with Crippen molar-refractivity contribution >= 4 is 0 Å². The SMILES string of the molecule is CNCc1ccc(-n2cncn2)nc1. The van der Waals surface area contributed by atoms with Gasteiger partial charge >= 0.3 is 0 Å². The molecule has 0 aliphatic carbocycles. The van der Waals surface area contributed by atoms with Crippen molar-refractivity contribution in [1.29, 1.82) is 0 Å². The average Bonchev–Trinajstić information content (AvgIpc) is 2.72. The molecule has 0 bridgehead atoms. The fourth-order valence-electron chi connectivity index (χ4n) is 1.19. The molecule has 2 aromatic rings. The molecule has 72 valence electrons. The largest absolute Gasteiger partial charge is 0.316 e. The summed E-state index contributed by atoms with van der Waals surface area (Å²) < 4.78 is 1.63. The Morgan fingerprint density at radius 1 is 1.43 bits per heavy atom. The molecular formula is C9H11N5. The molecule has 2 aromatic heterocycles. The van der Waals surface area contributed by atoms with Gasteiger partial charge in [-0.1, -0.05) is 6.07 Å². The van der Waals surface area contributed by atoms with Crippen LogP contribution < -0.4 is 5.32 Å². The standard InChI is InChI=1S/C9H11N5/c1-10-4-8-2-3-9(12-5-8)14-7-11-6-13-14/h2-3,5-7,10H,4H2,1H3. The summed E-state index contributed by atoms with van der Waals surface area (Å²) >= 11 is 0. The minimum Gasteiger partial charge on any atom is -0.316 e. The third-order valence-electron chi connectivity index (χ3n) is 1.84. The maximum atomic E-state index is 4.26. The van der Waals surface area contributed by atoms with Crippen LogP contribution in [0.2, 0.25) is 0 Å². The van der Waals surface area contributed by atoms with Crippen LogP contribution in [0.5, 0.6) is 0 Å². The smallest absolute Gasteiger partial charge is 0.155 e. The van der Waals surface area contributed by atoms with Crippen LogP contribution in [0, 0.1) is 0 Å². The second-order valence-corrected chi connectivity index (χ2v) is 2.90. The highest BCUT2D eigenvalue weighted by atomic mass is 15.3. The minimum atomic E-state index is 0.780. The summed E-state index contributed by atoms with van der Waals surface area (Å²) in [4.78, 5) is 8.12. The Kier molecular flexibility index (Phi) is 2.51. The van der Waals surface area contributed by atoms with Gasteiger partial charge in [0.15, 0.2) is 5.82 Å². The van der Waals surface area contributed by atoms with Gasteiger partial charge < -0.3 is 5.32 Å². The highest BCUT2D eigenvalue weighted by Gasteiger charge is 1.97. The number of rotatable bonds is 3. The van der Waals surface area contributed by atoms with E-state index in [0.717, 1.165) is 17.9 Å². The fraction of sp³-hybridized carbons (Fsp3) is 0.222. The van der Waals surface area contributed by atoms with Crippen molar-refractivity contribution < 1.29 is 0 Å². The van der Waals surface area contributed by atoms with Crippen molar-refractivity contribution in [3.05, 3.63) is 36.5 Å². The zero-order valence-corrected chi connectivity index (χ0v) is 7.88. The van der Waals surface area contributed by atoms with Crippen LogP contribution >= 0.6 is 0 Å². The monoisotopic (exact) mass is 189 g/mol. The van der Waals surface area contributed by atoms with E-state index in [1.807, 2.05) is 25.4 Å². The Bertz CT molecular complexity index is 378. The van der Waals surface area contributed by atoms with Crippen LogP contribution in [-0.4, -0.2) is 26.8 Å². The summed E-state index contributed by atoms with van der Waals surface area (Å²) in [5.41, 5.74) is 1.15. The Morgan fingerprint density at radius 2 is 2.36 bits per heavy atom. The van der Waals surface area contributed by atoms with E-state index in [0.29, 0.717) is 0 Å². The Balaban J connectivity index is 2.22. The molecule has 0 aliphatic rings. The number of pyridine rings is 1. The van der Waals surface area contributed by atoms with E-state index >= 15 is 0 Å². The summed E-state index contributed by atoms with van der Waals surface area (Å²) in [6.45, 7) is 0.824. The van der Waals surface area contributed by atoms with Gasteiger partial charge in [0.2, 0.25) is 0 Å². The van der Waals surface area contributed by atoms with Crippen LogP contribution in [-0.2, 0) is 6.54 Å². The molecule has 0 fully saturated rings. The molecule has 2 heterocycles. The predicted molar refractivity (Wildman–Crippen MR) is 51.9 cm³/mol. The number of hydrogen-bond acceptors (Lipinski definition) is 4. The molecule has 5 nitrogen and oxygen atoms in total. The third-order valence-corrected chi connectivity index (χ3v) is 1.84. The number of aromatic nitrogens is 4. The van der Waals surface area contributed by atoms with Crippen LogP contribution in [0.3, 0.4) is 0 Å². The molecule has 0 radical (unpaired) electrons. The zero-order valence-electron chi connectivity index (χ0n) is 7.88. The molecule has 1 N–H and O–H groups in total. The number of nitrogens with one attached hydrogen (secondary N) is 1. The normalized spacial score (nSPS) is 10.4. The Labute approximate surface area is 81.8 Å². The van der Waals surface area contributed by atoms with Crippen LogP contribution in [0.25, 0.3) is 5.82 Å². The van der Waals surface area contributed by atoms with E-state index in [4.69, 9.17) is 0 Å². The van der Waals surface area contributed by atoms with Gasteiger partial charge in [-0.3, -0.25) is 0 Å². The summed E-state index contributed by atoms with van der Waals surface area (Å²) in [5, 5.41) is 7.05. The lowest BCUT2D eigenvalue weighted by Crippen LogP contribution is -2.06. The highest BCUT2D eigenvalue weighted by Crippen LogP contribution is 2.03. The van der Waals surface area contributed by atoms with Crippen molar-refractivity contribution in [2.75, 3.05) is 7.05 Å². The second-order valence-electron chi connectivity index (χ2n) is 2.90. The number of nitrogens with zero attached hydrogens (tertiary/aromatic N) is 4. The van der Waals surface area contributed by atoms with Gasteiger partial charge in [0.05, 0.1) is 0 Å². The second kappa shape index (κ2) is 3.97. The van der Waals surface area contributed by atoms with Crippen LogP contribution in [0.15, 0.2) is 31.0 Å². The highest BCUT2D eigenvalue weighted by molar-refractivity contribution is 5.23. The van der Waals surface area contributed by atoms with E-state index in [2.05, 4.69) is 20.4 Å². The lowest BCUT2D eigenvalue weighted by Gasteiger charge is -2.01. The van der Waals surface area contributed by atoms with Crippen molar-refractivity contribution in [2.45, 2.75) is 6.54 Å². The van der Waals surface area contributed by atoms with E-state index in [1.54, 1.807) is 11.0 Å². The van der Waals surface area contributed by atoms with Gasteiger partial charge in [0.25, 0.3) is 0 Å². The van der Waals surface area contributed by atoms with Gasteiger partial charge in [-0.15, -0.1) is 0 Å². The van der Waals surface area contributed by atoms with E-state index in [-0.39, 0.29) is 0 Å². The van der Waals surface area contributed by atoms with E-state index in [1.165, 1.54) is 6.33 Å². The topological polar surface area (TPSA) is 55.6 Å². The van der Waals surface area contributed by atoms with Gasteiger partial charge in [-0.05, 0) is 18.7 Å². The van der Waals surface area contributed by atoms with Crippen LogP contribution in [0.4, 0.5) is 0 Å². The zero-order chi connectivity index (χ0) is 9.80. The first kappa shape index (κ1) is 8.83. The van der Waals surface area contributed by atoms with E-state index in [9.17, 15) is 0 Å². The van der Waals surface area contributed by atoms with Crippen molar-refractivity contribution in [1.82, 2.24) is 25.1 Å². The van der Waals surface area contributed by atoms with Crippen LogP contribution in [0.1, 0.15) is 5.56 Å². The van der Waals surface area contributed by atoms with Gasteiger partial charge in [-0.2, -0.15) is 5.10 Å². The average molecular weight is 189 g/mol. The fourth-order valence-corrected chi connectivity index (χ4v) is 1.19. The minimum absolute atomic E-state index is 0.780. The first-order valence-electron chi connectivity index (χ1n) is 4.34. The van der Waals surface area contributed by atoms with Gasteiger partial charge in [-0.25, -0.2) is 14.6 Å². The first-order valence-corrected chi connectivity index (χ1v) is 4.34. The third kappa shape index (κ3) is 1.77. The molecule has 0 aliphatic heterocycles. The molecule has 0 aromatic carbocycles.